The first-order valence-corrected chi connectivity index (χ1v) is 12.8. The number of esters is 1. The summed E-state index contributed by atoms with van der Waals surface area (Å²) < 4.78 is 5.96. The summed E-state index contributed by atoms with van der Waals surface area (Å²) in [7, 11) is 0. The maximum Gasteiger partial charge on any atom is 0.334 e. The number of thioether (sulfide) groups is 1. The van der Waals surface area contributed by atoms with Gasteiger partial charge in [0.05, 0.1) is 6.42 Å². The highest BCUT2D eigenvalue weighted by Crippen LogP contribution is 2.40. The first-order chi connectivity index (χ1) is 18.1. The largest absolute Gasteiger partial charge is 0.451 e. The Hall–Kier alpha value is -4.17. The van der Waals surface area contributed by atoms with Crippen molar-refractivity contribution >= 4 is 35.8 Å². The summed E-state index contributed by atoms with van der Waals surface area (Å²) in [6.07, 6.45) is -0.00345. The molecule has 0 saturated carbocycles. The van der Waals surface area contributed by atoms with Crippen LogP contribution in [0, 0.1) is 0 Å². The number of nitrogens with zero attached hydrogens (tertiary/aromatic N) is 1. The molecule has 186 valence electrons. The van der Waals surface area contributed by atoms with Crippen molar-refractivity contribution < 1.29 is 23.9 Å². The van der Waals surface area contributed by atoms with Crippen LogP contribution in [0.25, 0.3) is 0 Å². The fourth-order valence-electron chi connectivity index (χ4n) is 4.52. The lowest BCUT2D eigenvalue weighted by Crippen LogP contribution is -2.74. The molecule has 2 aliphatic heterocycles. The highest BCUT2D eigenvalue weighted by atomic mass is 32.2. The number of benzene rings is 3. The molecule has 2 heterocycles. The van der Waals surface area contributed by atoms with Crippen LogP contribution in [0.3, 0.4) is 0 Å². The van der Waals surface area contributed by atoms with E-state index in [9.17, 15) is 19.2 Å². The maximum atomic E-state index is 13.5. The molecule has 7 nitrogen and oxygen atoms in total. The van der Waals surface area contributed by atoms with Gasteiger partial charge < -0.3 is 15.0 Å². The number of hydrogen-bond acceptors (Lipinski definition) is 6. The molecular formula is C29H24N2O5S. The molecule has 0 radical (unpaired) electrons. The molecule has 3 aromatic rings. The topological polar surface area (TPSA) is 92.8 Å². The average Bonchev–Trinajstić information content (AvgIpc) is 2.95. The summed E-state index contributed by atoms with van der Waals surface area (Å²) in [6, 6.07) is 25.8. The van der Waals surface area contributed by atoms with Gasteiger partial charge in [0.25, 0.3) is 0 Å². The molecule has 1 saturated heterocycles. The third-order valence-corrected chi connectivity index (χ3v) is 7.53. The lowest BCUT2D eigenvalue weighted by molar-refractivity contribution is -0.165. The summed E-state index contributed by atoms with van der Waals surface area (Å²) in [5.74, 6) is -1.42. The molecule has 1 N–H and O–H groups in total. The molecular weight excluding hydrogens is 488 g/mol. The molecule has 0 spiro atoms. The van der Waals surface area contributed by atoms with E-state index in [-0.39, 0.29) is 17.9 Å². The van der Waals surface area contributed by atoms with Gasteiger partial charge in [-0.15, -0.1) is 11.8 Å². The predicted molar refractivity (Wildman–Crippen MR) is 139 cm³/mol. The zero-order valence-electron chi connectivity index (χ0n) is 19.7. The van der Waals surface area contributed by atoms with Crippen molar-refractivity contribution in [1.29, 1.82) is 0 Å². The quantitative estimate of drug-likeness (QED) is 0.283. The van der Waals surface area contributed by atoms with E-state index in [0.29, 0.717) is 6.29 Å². The molecule has 5 rings (SSSR count). The van der Waals surface area contributed by atoms with Crippen LogP contribution in [0.1, 0.15) is 22.8 Å². The molecule has 3 aromatic carbocycles. The van der Waals surface area contributed by atoms with Crippen LogP contribution in [0.2, 0.25) is 0 Å². The molecule has 2 aliphatic rings. The van der Waals surface area contributed by atoms with Crippen molar-refractivity contribution in [1.82, 2.24) is 10.2 Å². The highest BCUT2D eigenvalue weighted by molar-refractivity contribution is 8.03. The van der Waals surface area contributed by atoms with E-state index in [1.54, 1.807) is 5.41 Å². The minimum absolute atomic E-state index is 0.138. The van der Waals surface area contributed by atoms with E-state index in [0.717, 1.165) is 16.7 Å². The van der Waals surface area contributed by atoms with Gasteiger partial charge in [-0.25, -0.2) is 4.79 Å². The zero-order valence-corrected chi connectivity index (χ0v) is 20.5. The number of carbonyl (C=O) groups is 4. The van der Waals surface area contributed by atoms with Crippen LogP contribution < -0.4 is 5.32 Å². The number of amides is 2. The third-order valence-electron chi connectivity index (χ3n) is 6.34. The minimum Gasteiger partial charge on any atom is -0.451 e. The Balaban J connectivity index is 1.34. The second kappa shape index (κ2) is 10.8. The van der Waals surface area contributed by atoms with E-state index in [1.165, 1.54) is 16.7 Å². The second-order valence-corrected chi connectivity index (χ2v) is 9.75. The number of nitrogens with one attached hydrogen (secondary N) is 1. The Morgan fingerprint density at radius 3 is 2.05 bits per heavy atom. The molecule has 37 heavy (non-hydrogen) atoms. The average molecular weight is 513 g/mol. The highest BCUT2D eigenvalue weighted by Gasteiger charge is 2.56. The zero-order chi connectivity index (χ0) is 25.8. The van der Waals surface area contributed by atoms with Gasteiger partial charge in [0.2, 0.25) is 11.8 Å². The van der Waals surface area contributed by atoms with Crippen molar-refractivity contribution in [3.63, 3.8) is 0 Å². The Morgan fingerprint density at radius 1 is 0.919 bits per heavy atom. The predicted octanol–water partition coefficient (Wildman–Crippen LogP) is 3.41. The van der Waals surface area contributed by atoms with Crippen molar-refractivity contribution in [2.45, 2.75) is 30.0 Å². The van der Waals surface area contributed by atoms with Gasteiger partial charge in [0, 0.05) is 5.57 Å². The van der Waals surface area contributed by atoms with Gasteiger partial charge in [0.1, 0.15) is 17.7 Å². The van der Waals surface area contributed by atoms with Crippen molar-refractivity contribution in [3.05, 3.63) is 119 Å². The Kier molecular flexibility index (Phi) is 7.18. The smallest absolute Gasteiger partial charge is 0.334 e. The van der Waals surface area contributed by atoms with Crippen molar-refractivity contribution in [3.8, 4) is 0 Å². The molecule has 3 atom stereocenters. The van der Waals surface area contributed by atoms with Crippen LogP contribution in [0.5, 0.6) is 0 Å². The Bertz CT molecular complexity index is 1290. The van der Waals surface area contributed by atoms with Crippen LogP contribution in [-0.2, 0) is 30.3 Å². The minimum atomic E-state index is -1.19. The van der Waals surface area contributed by atoms with Gasteiger partial charge in [-0.05, 0) is 22.1 Å². The Morgan fingerprint density at radius 2 is 1.49 bits per heavy atom. The van der Waals surface area contributed by atoms with E-state index >= 15 is 0 Å². The summed E-state index contributed by atoms with van der Waals surface area (Å²) >= 11 is 1.23. The van der Waals surface area contributed by atoms with Crippen LogP contribution in [0.4, 0.5) is 0 Å². The summed E-state index contributed by atoms with van der Waals surface area (Å²) in [4.78, 5) is 52.4. The fraction of sp³-hybridized carbons (Fsp3) is 0.172. The number of ether oxygens (including phenoxy) is 1. The number of hydrogen-bond donors (Lipinski definition) is 1. The normalized spacial score (nSPS) is 20.4. The number of β-lactam (4-membered cyclic amide) rings is 1. The van der Waals surface area contributed by atoms with Gasteiger partial charge >= 0.3 is 5.97 Å². The van der Waals surface area contributed by atoms with Gasteiger partial charge in [-0.1, -0.05) is 91.0 Å². The van der Waals surface area contributed by atoms with Crippen LogP contribution in [-0.4, -0.2) is 46.4 Å². The second-order valence-electron chi connectivity index (χ2n) is 8.76. The van der Waals surface area contributed by atoms with E-state index in [1.807, 2.05) is 91.0 Å². The number of rotatable bonds is 8. The standard InChI is InChI=1S/C29H24N2O5S/c32-17-22-18-37-28-24(30-23(33)16-19-10-4-1-5-11-19)27(34)31(28)25(22)29(35)36-26(20-12-6-2-7-13-20)21-14-8-3-9-15-21/h1-15,17-18,24-26,28H,16H2,(H,30,33)/t24-,25-,28-/m1/s1. The molecule has 2 amide bonds. The number of carbonyl (C=O) groups excluding carboxylic acids is 4. The van der Waals surface area contributed by atoms with Gasteiger partial charge in [-0.2, -0.15) is 0 Å². The Labute approximate surface area is 218 Å². The lowest BCUT2D eigenvalue weighted by Gasteiger charge is -2.51. The van der Waals surface area contributed by atoms with Crippen LogP contribution in [0.15, 0.2) is 102 Å². The summed E-state index contributed by atoms with van der Waals surface area (Å²) in [6.45, 7) is 0. The van der Waals surface area contributed by atoms with E-state index in [2.05, 4.69) is 5.32 Å². The van der Waals surface area contributed by atoms with Gasteiger partial charge in [-0.3, -0.25) is 14.4 Å². The molecule has 8 heteroatoms. The molecule has 1 fully saturated rings. The number of aldehydes is 1. The molecule has 0 unspecified atom stereocenters. The summed E-state index contributed by atoms with van der Waals surface area (Å²) in [5, 5.41) is 3.84. The molecule has 0 aliphatic carbocycles. The first-order valence-electron chi connectivity index (χ1n) is 11.8. The fourth-order valence-corrected chi connectivity index (χ4v) is 5.70. The SMILES string of the molecule is O=CC1=CS[C@@H]2[C@H](NC(=O)Cc3ccccc3)C(=O)N2[C@H]1C(=O)OC(c1ccccc1)c1ccccc1. The van der Waals surface area contributed by atoms with Crippen molar-refractivity contribution in [2.24, 2.45) is 0 Å². The van der Waals surface area contributed by atoms with Gasteiger partial charge in [0.15, 0.2) is 12.1 Å². The third kappa shape index (κ3) is 5.06. The number of fused-ring (bicyclic) bond motifs is 1. The van der Waals surface area contributed by atoms with Crippen LogP contribution >= 0.6 is 11.8 Å². The monoisotopic (exact) mass is 512 g/mol. The van der Waals surface area contributed by atoms with E-state index in [4.69, 9.17) is 4.74 Å². The lowest BCUT2D eigenvalue weighted by atomic mass is 9.97. The summed E-state index contributed by atoms with van der Waals surface area (Å²) in [5.41, 5.74) is 2.51. The first kappa shape index (κ1) is 24.5. The molecule has 0 aromatic heterocycles. The molecule has 0 bridgehead atoms. The van der Waals surface area contributed by atoms with Crippen molar-refractivity contribution in [2.75, 3.05) is 0 Å². The maximum absolute atomic E-state index is 13.5. The van der Waals surface area contributed by atoms with E-state index < -0.39 is 35.4 Å².